The zero-order chi connectivity index (χ0) is 18.4. The standard InChI is InChI=1S/C17H27N5O3/c1-10(23)21-15-13(20-9-11-5-3-2-4-6-11)7-12(16(24)25)8-14(15)22-17(18)19/h2-3,7,11,13-15,20H,4-6,8-9H2,1H3,(H,21,23)(H,24,25)(H4,18,19,22)/t11?,13-,14+,15+/m1/s1. The second-order valence-electron chi connectivity index (χ2n) is 6.63. The lowest BCUT2D eigenvalue weighted by molar-refractivity contribution is -0.133. The van der Waals surface area contributed by atoms with E-state index >= 15 is 0 Å². The number of allylic oxidation sites excluding steroid dienone is 2. The van der Waals surface area contributed by atoms with Gasteiger partial charge in [0.25, 0.3) is 0 Å². The van der Waals surface area contributed by atoms with E-state index in [0.717, 1.165) is 25.8 Å². The van der Waals surface area contributed by atoms with Crippen molar-refractivity contribution >= 4 is 17.8 Å². The molecule has 0 saturated heterocycles. The summed E-state index contributed by atoms with van der Waals surface area (Å²) in [5.41, 5.74) is 11.2. The number of carbonyl (C=O) groups excluding carboxylic acids is 1. The van der Waals surface area contributed by atoms with Crippen molar-refractivity contribution in [2.45, 2.75) is 50.7 Å². The first-order valence-electron chi connectivity index (χ1n) is 8.55. The van der Waals surface area contributed by atoms with Gasteiger partial charge in [0, 0.05) is 25.0 Å². The van der Waals surface area contributed by atoms with Gasteiger partial charge in [-0.1, -0.05) is 18.2 Å². The van der Waals surface area contributed by atoms with Gasteiger partial charge in [-0.15, -0.1) is 0 Å². The zero-order valence-electron chi connectivity index (χ0n) is 14.4. The Bertz CT molecular complexity index is 595. The summed E-state index contributed by atoms with van der Waals surface area (Å²) >= 11 is 0. The second kappa shape index (κ2) is 8.66. The minimum absolute atomic E-state index is 0.122. The first kappa shape index (κ1) is 19.0. The van der Waals surface area contributed by atoms with Crippen LogP contribution in [0.25, 0.3) is 0 Å². The summed E-state index contributed by atoms with van der Waals surface area (Å²) < 4.78 is 0. The fourth-order valence-corrected chi connectivity index (χ4v) is 3.41. The Morgan fingerprint density at radius 2 is 2.12 bits per heavy atom. The predicted molar refractivity (Wildman–Crippen MR) is 95.8 cm³/mol. The number of hydrogen-bond acceptors (Lipinski definition) is 4. The molecule has 0 heterocycles. The molecule has 0 fully saturated rings. The van der Waals surface area contributed by atoms with E-state index in [1.807, 2.05) is 0 Å². The van der Waals surface area contributed by atoms with E-state index in [0.29, 0.717) is 5.92 Å². The van der Waals surface area contributed by atoms with Crippen LogP contribution in [0.1, 0.15) is 32.6 Å². The largest absolute Gasteiger partial charge is 0.478 e. The Morgan fingerprint density at radius 1 is 1.36 bits per heavy atom. The van der Waals surface area contributed by atoms with Gasteiger partial charge in [0.15, 0.2) is 5.96 Å². The highest BCUT2D eigenvalue weighted by Crippen LogP contribution is 2.24. The summed E-state index contributed by atoms with van der Waals surface area (Å²) in [7, 11) is 0. The van der Waals surface area contributed by atoms with Crippen molar-refractivity contribution in [3.05, 3.63) is 23.8 Å². The molecule has 0 spiro atoms. The third kappa shape index (κ3) is 5.60. The number of amides is 1. The molecular weight excluding hydrogens is 322 g/mol. The van der Waals surface area contributed by atoms with Gasteiger partial charge in [0.1, 0.15) is 0 Å². The van der Waals surface area contributed by atoms with Crippen molar-refractivity contribution in [3.8, 4) is 0 Å². The van der Waals surface area contributed by atoms with E-state index in [4.69, 9.17) is 11.5 Å². The average Bonchev–Trinajstić information content (AvgIpc) is 2.54. The van der Waals surface area contributed by atoms with Crippen LogP contribution in [0.4, 0.5) is 0 Å². The maximum atomic E-state index is 11.6. The highest BCUT2D eigenvalue weighted by molar-refractivity contribution is 5.87. The molecule has 138 valence electrons. The Labute approximate surface area is 147 Å². The molecule has 1 amide bonds. The Hall–Kier alpha value is -2.35. The predicted octanol–water partition coefficient (Wildman–Crippen LogP) is -0.138. The molecule has 0 aromatic rings. The summed E-state index contributed by atoms with van der Waals surface area (Å²) in [4.78, 5) is 27.2. The number of nitrogens with one attached hydrogen (secondary N) is 2. The van der Waals surface area contributed by atoms with Gasteiger partial charge in [-0.25, -0.2) is 9.79 Å². The van der Waals surface area contributed by atoms with Gasteiger partial charge >= 0.3 is 5.97 Å². The Balaban J connectivity index is 2.19. The number of carboxylic acid groups (broad SMARTS) is 1. The van der Waals surface area contributed by atoms with Crippen molar-refractivity contribution in [1.82, 2.24) is 10.6 Å². The zero-order valence-corrected chi connectivity index (χ0v) is 14.4. The van der Waals surface area contributed by atoms with E-state index in [-0.39, 0.29) is 29.9 Å². The van der Waals surface area contributed by atoms with Gasteiger partial charge in [0.2, 0.25) is 5.91 Å². The molecule has 0 aromatic heterocycles. The molecule has 8 heteroatoms. The Kier molecular flexibility index (Phi) is 6.58. The number of nitrogens with zero attached hydrogens (tertiary/aromatic N) is 1. The fourth-order valence-electron chi connectivity index (χ4n) is 3.41. The number of nitrogens with two attached hydrogens (primary N) is 2. The molecular formula is C17H27N5O3. The highest BCUT2D eigenvalue weighted by atomic mass is 16.4. The van der Waals surface area contributed by atoms with Gasteiger partial charge in [0.05, 0.1) is 12.1 Å². The SMILES string of the molecule is CC(=O)N[C@@H]1[C@@H](N=C(N)N)CC(C(=O)O)=C[C@H]1NCC1CC=CCC1. The van der Waals surface area contributed by atoms with Gasteiger partial charge in [-0.2, -0.15) is 0 Å². The van der Waals surface area contributed by atoms with Crippen molar-refractivity contribution in [2.75, 3.05) is 6.54 Å². The van der Waals surface area contributed by atoms with Crippen LogP contribution in [0.3, 0.4) is 0 Å². The molecule has 0 saturated carbocycles. The summed E-state index contributed by atoms with van der Waals surface area (Å²) in [6.07, 6.45) is 9.32. The third-order valence-electron chi connectivity index (χ3n) is 4.59. The number of guanidine groups is 1. The number of aliphatic carboxylic acids is 1. The maximum Gasteiger partial charge on any atom is 0.331 e. The molecule has 2 aliphatic rings. The van der Waals surface area contributed by atoms with E-state index in [1.165, 1.54) is 6.92 Å². The number of carboxylic acids is 1. The summed E-state index contributed by atoms with van der Waals surface area (Å²) in [6.45, 7) is 2.16. The lowest BCUT2D eigenvalue weighted by Crippen LogP contribution is -2.57. The first-order valence-corrected chi connectivity index (χ1v) is 8.55. The van der Waals surface area contributed by atoms with Crippen molar-refractivity contribution < 1.29 is 14.7 Å². The van der Waals surface area contributed by atoms with Crippen molar-refractivity contribution in [2.24, 2.45) is 22.4 Å². The number of hydrogen-bond donors (Lipinski definition) is 5. The smallest absolute Gasteiger partial charge is 0.331 e. The van der Waals surface area contributed by atoms with Gasteiger partial charge < -0.3 is 27.2 Å². The minimum Gasteiger partial charge on any atom is -0.478 e. The van der Waals surface area contributed by atoms with Crippen LogP contribution in [0.15, 0.2) is 28.8 Å². The summed E-state index contributed by atoms with van der Waals surface area (Å²) in [6, 6.07) is -1.27. The van der Waals surface area contributed by atoms with Crippen LogP contribution >= 0.6 is 0 Å². The number of aliphatic imine (C=N–C) groups is 1. The molecule has 25 heavy (non-hydrogen) atoms. The monoisotopic (exact) mass is 349 g/mol. The van der Waals surface area contributed by atoms with Crippen LogP contribution in [0, 0.1) is 5.92 Å². The summed E-state index contributed by atoms with van der Waals surface area (Å²) in [5.74, 6) is -0.832. The lowest BCUT2D eigenvalue weighted by Gasteiger charge is -2.36. The minimum atomic E-state index is -0.996. The summed E-state index contributed by atoms with van der Waals surface area (Å²) in [5, 5.41) is 15.6. The number of rotatable bonds is 6. The Morgan fingerprint density at radius 3 is 2.68 bits per heavy atom. The van der Waals surface area contributed by atoms with Gasteiger partial charge in [-0.05, 0) is 31.7 Å². The highest BCUT2D eigenvalue weighted by Gasteiger charge is 2.36. The molecule has 4 atom stereocenters. The normalized spacial score (nSPS) is 28.8. The third-order valence-corrected chi connectivity index (χ3v) is 4.59. The van der Waals surface area contributed by atoms with Gasteiger partial charge in [-0.3, -0.25) is 4.79 Å². The van der Waals surface area contributed by atoms with Crippen LogP contribution in [-0.2, 0) is 9.59 Å². The maximum absolute atomic E-state index is 11.6. The molecule has 8 nitrogen and oxygen atoms in total. The van der Waals surface area contributed by atoms with E-state index in [2.05, 4.69) is 27.8 Å². The number of carbonyl (C=O) groups is 2. The topological polar surface area (TPSA) is 143 Å². The van der Waals surface area contributed by atoms with Crippen molar-refractivity contribution in [1.29, 1.82) is 0 Å². The molecule has 2 aliphatic carbocycles. The molecule has 0 radical (unpaired) electrons. The first-order chi connectivity index (χ1) is 11.9. The van der Waals surface area contributed by atoms with E-state index in [9.17, 15) is 14.7 Å². The van der Waals surface area contributed by atoms with Crippen LogP contribution in [-0.4, -0.2) is 47.6 Å². The van der Waals surface area contributed by atoms with Crippen LogP contribution in [0.2, 0.25) is 0 Å². The van der Waals surface area contributed by atoms with Crippen LogP contribution in [0.5, 0.6) is 0 Å². The van der Waals surface area contributed by atoms with E-state index in [1.54, 1.807) is 6.08 Å². The van der Waals surface area contributed by atoms with E-state index < -0.39 is 18.1 Å². The molecule has 7 N–H and O–H groups in total. The fraction of sp³-hybridized carbons (Fsp3) is 0.588. The average molecular weight is 349 g/mol. The quantitative estimate of drug-likeness (QED) is 0.257. The van der Waals surface area contributed by atoms with Crippen molar-refractivity contribution in [3.63, 3.8) is 0 Å². The molecule has 0 bridgehead atoms. The molecule has 0 aromatic carbocycles. The second-order valence-corrected chi connectivity index (χ2v) is 6.63. The van der Waals surface area contributed by atoms with Crippen LogP contribution < -0.4 is 22.1 Å². The lowest BCUT2D eigenvalue weighted by atomic mass is 9.85. The molecule has 1 unspecified atom stereocenters. The molecule has 2 rings (SSSR count). The molecule has 0 aliphatic heterocycles.